The van der Waals surface area contributed by atoms with Gasteiger partial charge in [0.2, 0.25) is 0 Å². The van der Waals surface area contributed by atoms with Crippen LogP contribution in [0.4, 0.5) is 0 Å². The molecule has 0 aliphatic carbocycles. The van der Waals surface area contributed by atoms with Crippen LogP contribution in [-0.2, 0) is 18.2 Å². The van der Waals surface area contributed by atoms with Crippen molar-refractivity contribution in [2.45, 2.75) is 19.8 Å². The second-order valence-electron chi connectivity index (χ2n) is 4.59. The molecule has 3 nitrogen and oxygen atoms in total. The van der Waals surface area contributed by atoms with Crippen molar-refractivity contribution in [3.05, 3.63) is 16.4 Å². The highest BCUT2D eigenvalue weighted by Gasteiger charge is 2.36. The van der Waals surface area contributed by atoms with Crippen molar-refractivity contribution in [1.82, 2.24) is 9.78 Å². The van der Waals surface area contributed by atoms with E-state index in [0.717, 1.165) is 37.3 Å². The Labute approximate surface area is 106 Å². The number of rotatable bonds is 3. The Balaban J connectivity index is 2.25. The Morgan fingerprint density at radius 1 is 1.56 bits per heavy atom. The van der Waals surface area contributed by atoms with Gasteiger partial charge in [0, 0.05) is 30.5 Å². The van der Waals surface area contributed by atoms with Gasteiger partial charge in [0.05, 0.1) is 12.3 Å². The van der Waals surface area contributed by atoms with Crippen LogP contribution in [0.2, 0.25) is 5.15 Å². The molecule has 1 aliphatic rings. The normalized spacial score (nSPS) is 25.2. The van der Waals surface area contributed by atoms with E-state index in [1.807, 2.05) is 14.0 Å². The Hall–Kier alpha value is -0.250. The van der Waals surface area contributed by atoms with Gasteiger partial charge >= 0.3 is 0 Å². The molecular formula is C11H16Cl2N2O. The first-order valence-electron chi connectivity index (χ1n) is 5.40. The number of hydrogen-bond acceptors (Lipinski definition) is 2. The molecular weight excluding hydrogens is 247 g/mol. The summed E-state index contributed by atoms with van der Waals surface area (Å²) >= 11 is 12.3. The van der Waals surface area contributed by atoms with E-state index in [1.165, 1.54) is 0 Å². The lowest BCUT2D eigenvalue weighted by Gasteiger charge is -2.24. The van der Waals surface area contributed by atoms with Crippen molar-refractivity contribution < 1.29 is 4.74 Å². The molecule has 0 aromatic carbocycles. The maximum Gasteiger partial charge on any atom is 0.130 e. The van der Waals surface area contributed by atoms with Gasteiger partial charge in [0.15, 0.2) is 0 Å². The predicted molar refractivity (Wildman–Crippen MR) is 65.2 cm³/mol. The Morgan fingerprint density at radius 3 is 2.75 bits per heavy atom. The molecule has 0 bridgehead atoms. The topological polar surface area (TPSA) is 27.1 Å². The highest BCUT2D eigenvalue weighted by Crippen LogP contribution is 2.36. The first-order chi connectivity index (χ1) is 7.58. The summed E-state index contributed by atoms with van der Waals surface area (Å²) in [6.07, 6.45) is 1.86. The van der Waals surface area contributed by atoms with Gasteiger partial charge in [-0.2, -0.15) is 5.10 Å². The lowest BCUT2D eigenvalue weighted by atomic mass is 9.83. The van der Waals surface area contributed by atoms with Crippen molar-refractivity contribution >= 4 is 23.2 Å². The quantitative estimate of drug-likeness (QED) is 0.784. The fraction of sp³-hybridized carbons (Fsp3) is 0.727. The summed E-state index contributed by atoms with van der Waals surface area (Å²) in [5, 5.41) is 5.04. The summed E-state index contributed by atoms with van der Waals surface area (Å²) in [6.45, 7) is 3.50. The van der Waals surface area contributed by atoms with E-state index >= 15 is 0 Å². The lowest BCUT2D eigenvalue weighted by Crippen LogP contribution is -2.26. The van der Waals surface area contributed by atoms with Crippen molar-refractivity contribution in [2.75, 3.05) is 19.1 Å². The molecule has 1 aromatic heterocycles. The minimum atomic E-state index is 0.0407. The summed E-state index contributed by atoms with van der Waals surface area (Å²) in [7, 11) is 1.86. The fourth-order valence-corrected chi connectivity index (χ4v) is 2.74. The summed E-state index contributed by atoms with van der Waals surface area (Å²) in [5.41, 5.74) is 2.14. The highest BCUT2D eigenvalue weighted by molar-refractivity contribution is 6.30. The van der Waals surface area contributed by atoms with Crippen LogP contribution in [0.25, 0.3) is 0 Å². The number of aromatic nitrogens is 2. The Bertz CT molecular complexity index is 384. The van der Waals surface area contributed by atoms with Gasteiger partial charge in [-0.3, -0.25) is 4.68 Å². The largest absolute Gasteiger partial charge is 0.381 e. The molecule has 0 N–H and O–H groups in total. The van der Waals surface area contributed by atoms with Crippen molar-refractivity contribution in [3.8, 4) is 0 Å². The number of hydrogen-bond donors (Lipinski definition) is 0. The first-order valence-corrected chi connectivity index (χ1v) is 6.31. The minimum Gasteiger partial charge on any atom is -0.381 e. The molecule has 90 valence electrons. The van der Waals surface area contributed by atoms with Crippen LogP contribution in [0, 0.1) is 12.3 Å². The summed E-state index contributed by atoms with van der Waals surface area (Å²) < 4.78 is 7.17. The number of ether oxygens (including phenoxy) is 1. The number of aryl methyl sites for hydroxylation is 2. The minimum absolute atomic E-state index is 0.0407. The second kappa shape index (κ2) is 4.55. The smallest absolute Gasteiger partial charge is 0.130 e. The van der Waals surface area contributed by atoms with Crippen LogP contribution in [0.3, 0.4) is 0 Å². The molecule has 1 saturated heterocycles. The van der Waals surface area contributed by atoms with Gasteiger partial charge in [-0.15, -0.1) is 11.6 Å². The summed E-state index contributed by atoms with van der Waals surface area (Å²) in [4.78, 5) is 0. The molecule has 1 unspecified atom stereocenters. The van der Waals surface area contributed by atoms with Gasteiger partial charge in [-0.05, 0) is 19.8 Å². The van der Waals surface area contributed by atoms with Crippen molar-refractivity contribution in [1.29, 1.82) is 0 Å². The number of halogens is 2. The molecule has 2 heterocycles. The molecule has 0 amide bonds. The van der Waals surface area contributed by atoms with Crippen molar-refractivity contribution in [3.63, 3.8) is 0 Å². The van der Waals surface area contributed by atoms with Gasteiger partial charge in [0.25, 0.3) is 0 Å². The van der Waals surface area contributed by atoms with Gasteiger partial charge in [-0.25, -0.2) is 0 Å². The zero-order valence-corrected chi connectivity index (χ0v) is 11.1. The molecule has 5 heteroatoms. The third-order valence-corrected chi connectivity index (χ3v) is 4.33. The molecule has 1 atom stereocenters. The highest BCUT2D eigenvalue weighted by atomic mass is 35.5. The molecule has 2 rings (SSSR count). The Morgan fingerprint density at radius 2 is 2.31 bits per heavy atom. The van der Waals surface area contributed by atoms with E-state index < -0.39 is 0 Å². The molecule has 16 heavy (non-hydrogen) atoms. The van der Waals surface area contributed by atoms with Crippen LogP contribution < -0.4 is 0 Å². The zero-order chi connectivity index (χ0) is 11.8. The van der Waals surface area contributed by atoms with E-state index in [0.29, 0.717) is 11.0 Å². The van der Waals surface area contributed by atoms with Crippen molar-refractivity contribution in [2.24, 2.45) is 12.5 Å². The zero-order valence-electron chi connectivity index (χ0n) is 9.59. The maximum atomic E-state index is 6.23. The Kier molecular flexibility index (Phi) is 3.48. The monoisotopic (exact) mass is 262 g/mol. The maximum absolute atomic E-state index is 6.23. The first kappa shape index (κ1) is 12.2. The van der Waals surface area contributed by atoms with Gasteiger partial charge in [0.1, 0.15) is 5.15 Å². The summed E-state index contributed by atoms with van der Waals surface area (Å²) in [5.74, 6) is 0.609. The van der Waals surface area contributed by atoms with E-state index in [9.17, 15) is 0 Å². The number of alkyl halides is 1. The molecule has 1 aromatic rings. The van der Waals surface area contributed by atoms with Crippen LogP contribution >= 0.6 is 23.2 Å². The predicted octanol–water partition coefficient (Wildman–Crippen LogP) is 2.57. The van der Waals surface area contributed by atoms with E-state index in [4.69, 9.17) is 27.9 Å². The molecule has 1 fully saturated rings. The SMILES string of the molecule is Cc1nn(C)c(Cl)c1CC1(CCl)CCOC1. The number of nitrogens with zero attached hydrogens (tertiary/aromatic N) is 2. The standard InChI is InChI=1S/C11H16Cl2N2O/c1-8-9(10(13)15(2)14-8)5-11(6-12)3-4-16-7-11/h3-7H2,1-2H3. The third-order valence-electron chi connectivity index (χ3n) is 3.29. The fourth-order valence-electron chi connectivity index (χ4n) is 2.19. The molecule has 0 spiro atoms. The van der Waals surface area contributed by atoms with Gasteiger partial charge < -0.3 is 4.74 Å². The van der Waals surface area contributed by atoms with E-state index in [2.05, 4.69) is 5.10 Å². The van der Waals surface area contributed by atoms with Crippen LogP contribution in [0.5, 0.6) is 0 Å². The third kappa shape index (κ3) is 2.08. The average Bonchev–Trinajstić information content (AvgIpc) is 2.81. The van der Waals surface area contributed by atoms with Crippen LogP contribution in [0.15, 0.2) is 0 Å². The second-order valence-corrected chi connectivity index (χ2v) is 5.22. The van der Waals surface area contributed by atoms with Crippen LogP contribution in [0.1, 0.15) is 17.7 Å². The molecule has 0 saturated carbocycles. The average molecular weight is 263 g/mol. The van der Waals surface area contributed by atoms with Crippen LogP contribution in [-0.4, -0.2) is 28.9 Å². The van der Waals surface area contributed by atoms with E-state index in [1.54, 1.807) is 4.68 Å². The summed E-state index contributed by atoms with van der Waals surface area (Å²) in [6, 6.07) is 0. The molecule has 0 radical (unpaired) electrons. The van der Waals surface area contributed by atoms with E-state index in [-0.39, 0.29) is 5.41 Å². The van der Waals surface area contributed by atoms with Gasteiger partial charge in [-0.1, -0.05) is 11.6 Å². The molecule has 1 aliphatic heterocycles. The lowest BCUT2D eigenvalue weighted by molar-refractivity contribution is 0.161.